The van der Waals surface area contributed by atoms with Crippen LogP contribution < -0.4 is 0 Å². The van der Waals surface area contributed by atoms with Gasteiger partial charge in [-0.3, -0.25) is 0 Å². The van der Waals surface area contributed by atoms with Crippen LogP contribution >= 0.6 is 0 Å². The summed E-state index contributed by atoms with van der Waals surface area (Å²) in [5.74, 6) is -0.816. The second-order valence-electron chi connectivity index (χ2n) is 4.02. The van der Waals surface area contributed by atoms with Crippen LogP contribution in [0.5, 0.6) is 0 Å². The highest BCUT2D eigenvalue weighted by Crippen LogP contribution is 2.27. The molecule has 0 atom stereocenters. The van der Waals surface area contributed by atoms with Crippen molar-refractivity contribution in [1.29, 1.82) is 0 Å². The van der Waals surface area contributed by atoms with E-state index >= 15 is 0 Å². The molecule has 0 aliphatic carbocycles. The van der Waals surface area contributed by atoms with Crippen molar-refractivity contribution in [2.75, 3.05) is 7.11 Å². The van der Waals surface area contributed by atoms with Gasteiger partial charge in [-0.1, -0.05) is 35.9 Å². The summed E-state index contributed by atoms with van der Waals surface area (Å²) in [6, 6.07) is 11.6. The van der Waals surface area contributed by atoms with Gasteiger partial charge in [0.2, 0.25) is 0 Å². The molecule has 0 unspecified atom stereocenters. The van der Waals surface area contributed by atoms with Crippen LogP contribution in [0.2, 0.25) is 0 Å². The fourth-order valence-electron chi connectivity index (χ4n) is 1.85. The largest absolute Gasteiger partial charge is 0.465 e. The zero-order valence-corrected chi connectivity index (χ0v) is 10.2. The normalized spacial score (nSPS) is 10.2. The Labute approximate surface area is 105 Å². The van der Waals surface area contributed by atoms with Gasteiger partial charge in [-0.15, -0.1) is 0 Å². The summed E-state index contributed by atoms with van der Waals surface area (Å²) in [6.07, 6.45) is 0. The Hall–Kier alpha value is -2.16. The number of hydrogen-bond acceptors (Lipinski definition) is 2. The molecule has 0 aromatic heterocycles. The third kappa shape index (κ3) is 2.25. The number of ether oxygens (including phenoxy) is 1. The molecule has 0 saturated carbocycles. The smallest absolute Gasteiger partial charge is 0.338 e. The lowest BCUT2D eigenvalue weighted by Crippen LogP contribution is -2.04. The van der Waals surface area contributed by atoms with Crippen LogP contribution in [0.1, 0.15) is 15.9 Å². The van der Waals surface area contributed by atoms with Gasteiger partial charge in [-0.2, -0.15) is 0 Å². The first-order valence-corrected chi connectivity index (χ1v) is 5.57. The van der Waals surface area contributed by atoms with E-state index < -0.39 is 5.97 Å². The van der Waals surface area contributed by atoms with E-state index in [-0.39, 0.29) is 5.82 Å². The van der Waals surface area contributed by atoms with E-state index in [4.69, 9.17) is 4.74 Å². The topological polar surface area (TPSA) is 26.3 Å². The van der Waals surface area contributed by atoms with E-state index in [9.17, 15) is 9.18 Å². The van der Waals surface area contributed by atoms with Gasteiger partial charge in [0.05, 0.1) is 12.7 Å². The lowest BCUT2D eigenvalue weighted by atomic mass is 9.97. The first kappa shape index (κ1) is 12.3. The van der Waals surface area contributed by atoms with E-state index in [2.05, 4.69) is 0 Å². The van der Waals surface area contributed by atoms with Gasteiger partial charge in [0.1, 0.15) is 5.82 Å². The molecular formula is C15H13FO2. The standard InChI is InChI=1S/C15H13FO2/c1-10-7-8-11(13(9-10)15(17)18-2)12-5-3-4-6-14(12)16/h3-9H,1-2H3. The van der Waals surface area contributed by atoms with Crippen LogP contribution in [0.3, 0.4) is 0 Å². The van der Waals surface area contributed by atoms with Gasteiger partial charge in [0.25, 0.3) is 0 Å². The van der Waals surface area contributed by atoms with Crippen LogP contribution in [-0.4, -0.2) is 13.1 Å². The number of aryl methyl sites for hydroxylation is 1. The molecule has 2 rings (SSSR count). The van der Waals surface area contributed by atoms with Gasteiger partial charge in [-0.25, -0.2) is 9.18 Å². The van der Waals surface area contributed by atoms with Gasteiger partial charge < -0.3 is 4.74 Å². The monoisotopic (exact) mass is 244 g/mol. The molecule has 0 fully saturated rings. The summed E-state index contributed by atoms with van der Waals surface area (Å²) in [7, 11) is 1.32. The number of carbonyl (C=O) groups is 1. The van der Waals surface area contributed by atoms with Gasteiger partial charge >= 0.3 is 5.97 Å². The Morgan fingerprint density at radius 3 is 2.50 bits per heavy atom. The summed E-state index contributed by atoms with van der Waals surface area (Å²) in [5.41, 5.74) is 2.25. The number of benzene rings is 2. The average Bonchev–Trinajstić information content (AvgIpc) is 2.39. The Balaban J connectivity index is 2.64. The summed E-state index contributed by atoms with van der Waals surface area (Å²) in [4.78, 5) is 11.7. The molecule has 0 N–H and O–H groups in total. The maximum absolute atomic E-state index is 13.8. The molecule has 92 valence electrons. The molecule has 0 aliphatic heterocycles. The predicted molar refractivity (Wildman–Crippen MR) is 67.9 cm³/mol. The minimum absolute atomic E-state index is 0.355. The quantitative estimate of drug-likeness (QED) is 0.755. The average molecular weight is 244 g/mol. The van der Waals surface area contributed by atoms with Crippen molar-refractivity contribution < 1.29 is 13.9 Å². The van der Waals surface area contributed by atoms with Crippen LogP contribution in [0.25, 0.3) is 11.1 Å². The lowest BCUT2D eigenvalue weighted by Gasteiger charge is -2.10. The van der Waals surface area contributed by atoms with Crippen molar-refractivity contribution in [3.8, 4) is 11.1 Å². The highest BCUT2D eigenvalue weighted by atomic mass is 19.1. The van der Waals surface area contributed by atoms with Crippen LogP contribution in [0.15, 0.2) is 42.5 Å². The van der Waals surface area contributed by atoms with E-state index in [0.717, 1.165) is 5.56 Å². The Kier molecular flexibility index (Phi) is 3.42. The van der Waals surface area contributed by atoms with E-state index in [0.29, 0.717) is 16.7 Å². The molecule has 0 radical (unpaired) electrons. The Morgan fingerprint density at radius 1 is 1.11 bits per heavy atom. The molecule has 2 aromatic rings. The minimum Gasteiger partial charge on any atom is -0.465 e. The molecule has 0 aliphatic rings. The second-order valence-corrected chi connectivity index (χ2v) is 4.02. The van der Waals surface area contributed by atoms with Gasteiger partial charge in [-0.05, 0) is 24.6 Å². The number of hydrogen-bond donors (Lipinski definition) is 0. The zero-order chi connectivity index (χ0) is 13.1. The summed E-state index contributed by atoms with van der Waals surface area (Å²) >= 11 is 0. The number of rotatable bonds is 2. The Morgan fingerprint density at radius 2 is 1.83 bits per heavy atom. The zero-order valence-electron chi connectivity index (χ0n) is 10.2. The summed E-state index contributed by atoms with van der Waals surface area (Å²) in [5, 5.41) is 0. The summed E-state index contributed by atoms with van der Waals surface area (Å²) < 4.78 is 18.5. The summed E-state index contributed by atoms with van der Waals surface area (Å²) in [6.45, 7) is 1.87. The van der Waals surface area contributed by atoms with Crippen molar-refractivity contribution in [1.82, 2.24) is 0 Å². The molecule has 3 heteroatoms. The van der Waals surface area contributed by atoms with Crippen molar-refractivity contribution in [3.05, 3.63) is 59.4 Å². The van der Waals surface area contributed by atoms with E-state index in [1.54, 1.807) is 30.3 Å². The molecule has 2 nitrogen and oxygen atoms in total. The number of carbonyl (C=O) groups excluding carboxylic acids is 1. The maximum atomic E-state index is 13.8. The third-order valence-corrected chi connectivity index (χ3v) is 2.74. The number of esters is 1. The minimum atomic E-state index is -0.461. The highest BCUT2D eigenvalue weighted by molar-refractivity contribution is 5.97. The molecule has 2 aromatic carbocycles. The first-order chi connectivity index (χ1) is 8.63. The first-order valence-electron chi connectivity index (χ1n) is 5.57. The molecule has 0 amide bonds. The molecule has 0 heterocycles. The number of methoxy groups -OCH3 is 1. The molecule has 0 bridgehead atoms. The third-order valence-electron chi connectivity index (χ3n) is 2.74. The maximum Gasteiger partial charge on any atom is 0.338 e. The Bertz CT molecular complexity index is 591. The van der Waals surface area contributed by atoms with Crippen LogP contribution in [0.4, 0.5) is 4.39 Å². The van der Waals surface area contributed by atoms with Crippen molar-refractivity contribution in [2.24, 2.45) is 0 Å². The fourth-order valence-corrected chi connectivity index (χ4v) is 1.85. The van der Waals surface area contributed by atoms with Crippen LogP contribution in [-0.2, 0) is 4.74 Å². The fraction of sp³-hybridized carbons (Fsp3) is 0.133. The molecule has 0 spiro atoms. The van der Waals surface area contributed by atoms with E-state index in [1.807, 2.05) is 13.0 Å². The predicted octanol–water partition coefficient (Wildman–Crippen LogP) is 3.59. The molecule has 18 heavy (non-hydrogen) atoms. The molecular weight excluding hydrogens is 231 g/mol. The van der Waals surface area contributed by atoms with Crippen molar-refractivity contribution in [2.45, 2.75) is 6.92 Å². The van der Waals surface area contributed by atoms with E-state index in [1.165, 1.54) is 13.2 Å². The second kappa shape index (κ2) is 5.00. The highest BCUT2D eigenvalue weighted by Gasteiger charge is 2.15. The SMILES string of the molecule is COC(=O)c1cc(C)ccc1-c1ccccc1F. The van der Waals surface area contributed by atoms with Gasteiger partial charge in [0.15, 0.2) is 0 Å². The van der Waals surface area contributed by atoms with Crippen molar-refractivity contribution in [3.63, 3.8) is 0 Å². The van der Waals surface area contributed by atoms with Crippen LogP contribution in [0, 0.1) is 12.7 Å². The van der Waals surface area contributed by atoms with Crippen molar-refractivity contribution >= 4 is 5.97 Å². The van der Waals surface area contributed by atoms with Gasteiger partial charge in [0, 0.05) is 5.56 Å². The number of halogens is 1. The molecule has 0 saturated heterocycles. The lowest BCUT2D eigenvalue weighted by molar-refractivity contribution is 0.0601.